The molecule has 0 aliphatic rings. The molecule has 0 saturated heterocycles. The van der Waals surface area contributed by atoms with Crippen LogP contribution in [0.2, 0.25) is 0 Å². The molecule has 32 heavy (non-hydrogen) atoms. The molecule has 2 amide bonds. The number of hydrogen-bond donors (Lipinski definition) is 2. The van der Waals surface area contributed by atoms with Crippen molar-refractivity contribution in [1.82, 2.24) is 20.4 Å². The van der Waals surface area contributed by atoms with Gasteiger partial charge in [0, 0.05) is 0 Å². The molecule has 2 rings (SSSR count). The van der Waals surface area contributed by atoms with Gasteiger partial charge in [0.25, 0.3) is 0 Å². The molecule has 1 aromatic heterocycles. The summed E-state index contributed by atoms with van der Waals surface area (Å²) in [6, 6.07) is 7.21. The number of carbonyl (C=O) groups excluding carboxylic acids is 2. The van der Waals surface area contributed by atoms with Gasteiger partial charge in [-0.3, -0.25) is 9.69 Å². The second-order valence-corrected chi connectivity index (χ2v) is 8.82. The topological polar surface area (TPSA) is 119 Å². The number of amides is 2. The van der Waals surface area contributed by atoms with E-state index in [0.29, 0.717) is 29.7 Å². The van der Waals surface area contributed by atoms with E-state index in [4.69, 9.17) is 14.0 Å². The number of ether oxygens (including phenoxy) is 2. The van der Waals surface area contributed by atoms with Gasteiger partial charge in [-0.25, -0.2) is 4.79 Å². The summed E-state index contributed by atoms with van der Waals surface area (Å²) >= 11 is 0. The first-order valence-electron chi connectivity index (χ1n) is 10.4. The first-order chi connectivity index (χ1) is 14.9. The maximum Gasteiger partial charge on any atom is 0.408 e. The Kier molecular flexibility index (Phi) is 8.20. The van der Waals surface area contributed by atoms with Crippen LogP contribution < -0.4 is 15.4 Å². The summed E-state index contributed by atoms with van der Waals surface area (Å²) in [5.41, 5.74) is -0.914. The lowest BCUT2D eigenvalue weighted by atomic mass is 10.1. The number of rotatable bonds is 9. The zero-order valence-electron chi connectivity index (χ0n) is 19.8. The highest BCUT2D eigenvalue weighted by molar-refractivity contribution is 5.93. The smallest absolute Gasteiger partial charge is 0.408 e. The molecule has 0 saturated carbocycles. The van der Waals surface area contributed by atoms with E-state index in [1.165, 1.54) is 0 Å². The number of anilines is 1. The summed E-state index contributed by atoms with van der Waals surface area (Å²) in [7, 11) is 1.55. The summed E-state index contributed by atoms with van der Waals surface area (Å²) in [4.78, 5) is 30.9. The normalized spacial score (nSPS) is 11.9. The van der Waals surface area contributed by atoms with Crippen molar-refractivity contribution in [2.45, 2.75) is 59.2 Å². The van der Waals surface area contributed by atoms with Crippen molar-refractivity contribution in [2.24, 2.45) is 0 Å². The average molecular weight is 448 g/mol. The molecule has 0 spiro atoms. The van der Waals surface area contributed by atoms with Crippen molar-refractivity contribution in [3.8, 4) is 5.75 Å². The van der Waals surface area contributed by atoms with Crippen LogP contribution in [0.1, 0.15) is 53.3 Å². The highest BCUT2D eigenvalue weighted by Crippen LogP contribution is 2.23. The van der Waals surface area contributed by atoms with E-state index in [1.54, 1.807) is 53.9 Å². The SMILES string of the molecule is CCN(CC(=O)Nc1ccccc1OC)Cc1nc(C(C)(C)NC(=O)OC(C)(C)C)no1. The number of aromatic nitrogens is 2. The van der Waals surface area contributed by atoms with Gasteiger partial charge < -0.3 is 24.6 Å². The Morgan fingerprint density at radius 2 is 1.84 bits per heavy atom. The molecule has 10 heteroatoms. The molecule has 176 valence electrons. The van der Waals surface area contributed by atoms with Gasteiger partial charge >= 0.3 is 6.09 Å². The van der Waals surface area contributed by atoms with Crippen LogP contribution in [0.4, 0.5) is 10.5 Å². The van der Waals surface area contributed by atoms with E-state index < -0.39 is 17.2 Å². The van der Waals surface area contributed by atoms with Crippen molar-refractivity contribution in [2.75, 3.05) is 25.5 Å². The van der Waals surface area contributed by atoms with Crippen molar-refractivity contribution in [1.29, 1.82) is 0 Å². The fraction of sp³-hybridized carbons (Fsp3) is 0.545. The van der Waals surface area contributed by atoms with Crippen LogP contribution in [-0.2, 0) is 21.6 Å². The van der Waals surface area contributed by atoms with E-state index in [0.717, 1.165) is 0 Å². The molecule has 0 aliphatic heterocycles. The van der Waals surface area contributed by atoms with Gasteiger partial charge in [-0.05, 0) is 53.3 Å². The molecule has 0 fully saturated rings. The monoisotopic (exact) mass is 447 g/mol. The number of likely N-dealkylation sites (N-methyl/N-ethyl adjacent to an activating group) is 1. The van der Waals surface area contributed by atoms with Gasteiger partial charge in [-0.2, -0.15) is 4.98 Å². The van der Waals surface area contributed by atoms with Gasteiger partial charge in [0.1, 0.15) is 16.9 Å². The van der Waals surface area contributed by atoms with E-state index in [2.05, 4.69) is 20.8 Å². The number of alkyl carbamates (subject to hydrolysis) is 1. The summed E-state index contributed by atoms with van der Waals surface area (Å²) in [6.45, 7) is 11.8. The lowest BCUT2D eigenvalue weighted by molar-refractivity contribution is -0.117. The van der Waals surface area contributed by atoms with Gasteiger partial charge in [0.2, 0.25) is 11.8 Å². The van der Waals surface area contributed by atoms with E-state index in [-0.39, 0.29) is 19.0 Å². The quantitative estimate of drug-likeness (QED) is 0.601. The Balaban J connectivity index is 1.98. The number of benzene rings is 1. The molecule has 2 aromatic rings. The number of methoxy groups -OCH3 is 1. The van der Waals surface area contributed by atoms with Crippen LogP contribution in [0.3, 0.4) is 0 Å². The van der Waals surface area contributed by atoms with Crippen molar-refractivity contribution < 1.29 is 23.6 Å². The largest absolute Gasteiger partial charge is 0.495 e. The molecule has 1 aromatic carbocycles. The van der Waals surface area contributed by atoms with E-state index in [1.807, 2.05) is 24.0 Å². The summed E-state index contributed by atoms with van der Waals surface area (Å²) in [5.74, 6) is 1.05. The molecule has 2 N–H and O–H groups in total. The van der Waals surface area contributed by atoms with Crippen molar-refractivity contribution in [3.05, 3.63) is 36.0 Å². The van der Waals surface area contributed by atoms with Crippen LogP contribution in [-0.4, -0.2) is 52.8 Å². The Hall–Kier alpha value is -3.14. The maximum absolute atomic E-state index is 12.5. The van der Waals surface area contributed by atoms with Crippen LogP contribution in [0.15, 0.2) is 28.8 Å². The number of hydrogen-bond acceptors (Lipinski definition) is 8. The van der Waals surface area contributed by atoms with Gasteiger partial charge in [0.15, 0.2) is 5.82 Å². The second kappa shape index (κ2) is 10.4. The van der Waals surface area contributed by atoms with Crippen LogP contribution in [0.25, 0.3) is 0 Å². The number of para-hydroxylation sites is 2. The van der Waals surface area contributed by atoms with Gasteiger partial charge in [-0.15, -0.1) is 0 Å². The molecular weight excluding hydrogens is 414 g/mol. The highest BCUT2D eigenvalue weighted by Gasteiger charge is 2.31. The average Bonchev–Trinajstić information content (AvgIpc) is 3.15. The van der Waals surface area contributed by atoms with Crippen molar-refractivity contribution >= 4 is 17.7 Å². The fourth-order valence-corrected chi connectivity index (χ4v) is 2.80. The summed E-state index contributed by atoms with van der Waals surface area (Å²) in [6.07, 6.45) is -0.572. The first-order valence-corrected chi connectivity index (χ1v) is 10.4. The fourth-order valence-electron chi connectivity index (χ4n) is 2.80. The number of nitrogens with zero attached hydrogens (tertiary/aromatic N) is 3. The molecule has 10 nitrogen and oxygen atoms in total. The van der Waals surface area contributed by atoms with Gasteiger partial charge in [0.05, 0.1) is 25.9 Å². The molecule has 0 bridgehead atoms. The minimum atomic E-state index is -0.900. The van der Waals surface area contributed by atoms with Gasteiger partial charge in [-0.1, -0.05) is 24.2 Å². The third-order valence-corrected chi connectivity index (χ3v) is 4.39. The van der Waals surface area contributed by atoms with Crippen LogP contribution in [0.5, 0.6) is 5.75 Å². The Bertz CT molecular complexity index is 919. The highest BCUT2D eigenvalue weighted by atomic mass is 16.6. The predicted molar refractivity (Wildman–Crippen MR) is 119 cm³/mol. The zero-order valence-corrected chi connectivity index (χ0v) is 19.8. The van der Waals surface area contributed by atoms with Crippen molar-refractivity contribution in [3.63, 3.8) is 0 Å². The Morgan fingerprint density at radius 3 is 2.47 bits per heavy atom. The van der Waals surface area contributed by atoms with Crippen LogP contribution in [0, 0.1) is 0 Å². The van der Waals surface area contributed by atoms with E-state index >= 15 is 0 Å². The maximum atomic E-state index is 12.5. The lowest BCUT2D eigenvalue weighted by Crippen LogP contribution is -2.44. The number of carbonyl (C=O) groups is 2. The Morgan fingerprint density at radius 1 is 1.16 bits per heavy atom. The van der Waals surface area contributed by atoms with Crippen LogP contribution >= 0.6 is 0 Å². The summed E-state index contributed by atoms with van der Waals surface area (Å²) in [5, 5.41) is 9.59. The third kappa shape index (κ3) is 7.52. The lowest BCUT2D eigenvalue weighted by Gasteiger charge is -2.26. The number of nitrogens with one attached hydrogen (secondary N) is 2. The summed E-state index contributed by atoms with van der Waals surface area (Å²) < 4.78 is 15.9. The first kappa shape index (κ1) is 25.1. The zero-order chi connectivity index (χ0) is 23.9. The molecule has 0 atom stereocenters. The molecule has 0 radical (unpaired) electrons. The minimum Gasteiger partial charge on any atom is -0.495 e. The minimum absolute atomic E-state index is 0.131. The molecule has 0 unspecified atom stereocenters. The standard InChI is InChI=1S/C22H33N5O5/c1-8-27(13-17(28)23-15-11-9-10-12-16(15)30-7)14-18-24-19(26-32-18)22(5,6)25-20(29)31-21(2,3)4/h9-12H,8,13-14H2,1-7H3,(H,23,28)(H,25,29). The molecule has 1 heterocycles. The van der Waals surface area contributed by atoms with E-state index in [9.17, 15) is 9.59 Å². The molecule has 0 aliphatic carbocycles. The second-order valence-electron chi connectivity index (χ2n) is 8.82. The Labute approximate surface area is 188 Å². The predicted octanol–water partition coefficient (Wildman–Crippen LogP) is 3.30. The molecular formula is C22H33N5O5. The third-order valence-electron chi connectivity index (χ3n) is 4.39.